The highest BCUT2D eigenvalue weighted by Gasteiger charge is 2.27. The lowest BCUT2D eigenvalue weighted by molar-refractivity contribution is -0.123. The molecule has 0 bridgehead atoms. The summed E-state index contributed by atoms with van der Waals surface area (Å²) in [7, 11) is -3.63. The number of nitrogens with zero attached hydrogens (tertiary/aromatic N) is 2. The minimum Gasteiger partial charge on any atom is -0.449 e. The van der Waals surface area contributed by atoms with Gasteiger partial charge in [0.15, 0.2) is 6.10 Å². The number of fused-ring (bicyclic) bond motifs is 1. The quantitative estimate of drug-likeness (QED) is 0.521. The molecule has 35 heavy (non-hydrogen) atoms. The number of sulfonamides is 1. The number of ether oxygens (including phenoxy) is 2. The van der Waals surface area contributed by atoms with E-state index >= 15 is 0 Å². The van der Waals surface area contributed by atoms with Crippen LogP contribution in [0.5, 0.6) is 0 Å². The maximum absolute atomic E-state index is 12.9. The number of carbonyl (C=O) groups is 2. The summed E-state index contributed by atoms with van der Waals surface area (Å²) in [6, 6.07) is 13.4. The van der Waals surface area contributed by atoms with Crippen molar-refractivity contribution in [3.05, 3.63) is 65.4 Å². The summed E-state index contributed by atoms with van der Waals surface area (Å²) in [5.41, 5.74) is 2.77. The van der Waals surface area contributed by atoms with E-state index in [1.165, 1.54) is 35.5 Å². The SMILES string of the molecule is Cc1nc2ccccc2c(C)c1C(=O)O[C@H](C)C(=O)Nc1ccc(S(=O)(=O)N2CCOCC2)cc1. The molecule has 10 heteroatoms. The Labute approximate surface area is 204 Å². The van der Waals surface area contributed by atoms with Crippen LogP contribution in [0.25, 0.3) is 10.9 Å². The third kappa shape index (κ3) is 5.19. The second kappa shape index (κ2) is 10.1. The zero-order chi connectivity index (χ0) is 25.2. The van der Waals surface area contributed by atoms with Gasteiger partial charge < -0.3 is 14.8 Å². The van der Waals surface area contributed by atoms with Gasteiger partial charge >= 0.3 is 5.97 Å². The number of benzene rings is 2. The third-order valence-corrected chi connectivity index (χ3v) is 7.83. The highest BCUT2D eigenvalue weighted by molar-refractivity contribution is 7.89. The fourth-order valence-corrected chi connectivity index (χ4v) is 5.40. The van der Waals surface area contributed by atoms with Gasteiger partial charge in [0.1, 0.15) is 0 Å². The number of carbonyl (C=O) groups excluding carboxylic acids is 2. The van der Waals surface area contributed by atoms with Crippen LogP contribution in [0.4, 0.5) is 5.69 Å². The van der Waals surface area contributed by atoms with Crippen LogP contribution in [-0.4, -0.2) is 62.0 Å². The number of pyridine rings is 1. The number of morpholine rings is 1. The van der Waals surface area contributed by atoms with E-state index in [-0.39, 0.29) is 4.90 Å². The average molecular weight is 498 g/mol. The van der Waals surface area contributed by atoms with Crippen molar-refractivity contribution in [1.29, 1.82) is 0 Å². The van der Waals surface area contributed by atoms with Crippen LogP contribution >= 0.6 is 0 Å². The molecule has 1 atom stereocenters. The Morgan fingerprint density at radius 3 is 2.40 bits per heavy atom. The predicted octanol–water partition coefficient (Wildman–Crippen LogP) is 3.06. The van der Waals surface area contributed by atoms with Crippen molar-refractivity contribution in [2.45, 2.75) is 31.8 Å². The first-order valence-corrected chi connectivity index (χ1v) is 12.7. The lowest BCUT2D eigenvalue weighted by atomic mass is 10.0. The Balaban J connectivity index is 1.42. The largest absolute Gasteiger partial charge is 0.449 e. The zero-order valence-corrected chi connectivity index (χ0v) is 20.6. The number of aryl methyl sites for hydroxylation is 2. The number of amides is 1. The maximum Gasteiger partial charge on any atom is 0.341 e. The van der Waals surface area contributed by atoms with Crippen LogP contribution in [0.3, 0.4) is 0 Å². The fraction of sp³-hybridized carbons (Fsp3) is 0.320. The molecular formula is C25H27N3O6S. The lowest BCUT2D eigenvalue weighted by Crippen LogP contribution is -2.40. The first kappa shape index (κ1) is 24.8. The summed E-state index contributed by atoms with van der Waals surface area (Å²) in [6.07, 6.45) is -1.08. The maximum atomic E-state index is 12.9. The normalized spacial score (nSPS) is 15.5. The van der Waals surface area contributed by atoms with Crippen molar-refractivity contribution in [1.82, 2.24) is 9.29 Å². The van der Waals surface area contributed by atoms with E-state index in [4.69, 9.17) is 9.47 Å². The van der Waals surface area contributed by atoms with Crippen LogP contribution in [0, 0.1) is 13.8 Å². The van der Waals surface area contributed by atoms with E-state index in [2.05, 4.69) is 10.3 Å². The summed E-state index contributed by atoms with van der Waals surface area (Å²) < 4.78 is 37.5. The molecule has 0 radical (unpaired) electrons. The van der Waals surface area contributed by atoms with Crippen molar-refractivity contribution in [3.63, 3.8) is 0 Å². The van der Waals surface area contributed by atoms with Crippen molar-refractivity contribution in [2.24, 2.45) is 0 Å². The molecule has 1 aliphatic heterocycles. The van der Waals surface area contributed by atoms with Gasteiger partial charge in [-0.25, -0.2) is 13.2 Å². The predicted molar refractivity (Wildman–Crippen MR) is 131 cm³/mol. The molecule has 184 valence electrons. The molecule has 2 aromatic carbocycles. The number of rotatable bonds is 6. The monoisotopic (exact) mass is 497 g/mol. The van der Waals surface area contributed by atoms with Gasteiger partial charge in [0.05, 0.1) is 34.9 Å². The zero-order valence-electron chi connectivity index (χ0n) is 19.8. The van der Waals surface area contributed by atoms with Gasteiger partial charge in [0, 0.05) is 24.2 Å². The Morgan fingerprint density at radius 1 is 1.06 bits per heavy atom. The minimum absolute atomic E-state index is 0.131. The molecule has 2 heterocycles. The fourth-order valence-electron chi connectivity index (χ4n) is 3.99. The second-order valence-corrected chi connectivity index (χ2v) is 10.2. The first-order valence-electron chi connectivity index (χ1n) is 11.2. The molecule has 3 aromatic rings. The van der Waals surface area contributed by atoms with E-state index in [1.807, 2.05) is 31.2 Å². The standard InChI is InChI=1S/C25H27N3O6S/c1-16-21-6-4-5-7-22(21)26-17(2)23(16)25(30)34-18(3)24(29)27-19-8-10-20(11-9-19)35(31,32)28-12-14-33-15-13-28/h4-11,18H,12-15H2,1-3H3,(H,27,29)/t18-/m1/s1. The molecule has 1 fully saturated rings. The van der Waals surface area contributed by atoms with Gasteiger partial charge in [-0.1, -0.05) is 18.2 Å². The highest BCUT2D eigenvalue weighted by atomic mass is 32.2. The Kier molecular flexibility index (Phi) is 7.15. The Morgan fingerprint density at radius 2 is 1.71 bits per heavy atom. The van der Waals surface area contributed by atoms with E-state index in [0.717, 1.165) is 16.5 Å². The Bertz CT molecular complexity index is 1370. The Hall–Kier alpha value is -3.34. The van der Waals surface area contributed by atoms with Gasteiger partial charge in [-0.3, -0.25) is 9.78 Å². The van der Waals surface area contributed by atoms with Gasteiger partial charge in [0.2, 0.25) is 10.0 Å². The van der Waals surface area contributed by atoms with Crippen molar-refractivity contribution >= 4 is 38.5 Å². The van der Waals surface area contributed by atoms with Crippen LogP contribution in [-0.2, 0) is 24.3 Å². The van der Waals surface area contributed by atoms with Gasteiger partial charge in [-0.05, 0) is 56.7 Å². The van der Waals surface area contributed by atoms with Crippen molar-refractivity contribution < 1.29 is 27.5 Å². The molecule has 1 aromatic heterocycles. The summed E-state index contributed by atoms with van der Waals surface area (Å²) in [6.45, 7) is 6.35. The van der Waals surface area contributed by atoms with Crippen molar-refractivity contribution in [2.75, 3.05) is 31.6 Å². The number of nitrogens with one attached hydrogen (secondary N) is 1. The minimum atomic E-state index is -3.63. The molecule has 1 amide bonds. The van der Waals surface area contributed by atoms with Gasteiger partial charge in [0.25, 0.3) is 5.91 Å². The van der Waals surface area contributed by atoms with Gasteiger partial charge in [-0.2, -0.15) is 4.31 Å². The number of hydrogen-bond acceptors (Lipinski definition) is 7. The molecule has 0 unspecified atom stereocenters. The van der Waals surface area contributed by atoms with Crippen LogP contribution < -0.4 is 5.32 Å². The highest BCUT2D eigenvalue weighted by Crippen LogP contribution is 2.24. The molecule has 0 saturated carbocycles. The average Bonchev–Trinajstić information content (AvgIpc) is 2.85. The summed E-state index contributed by atoms with van der Waals surface area (Å²) in [5.74, 6) is -1.17. The van der Waals surface area contributed by atoms with E-state index < -0.39 is 28.0 Å². The molecule has 1 saturated heterocycles. The topological polar surface area (TPSA) is 115 Å². The molecule has 1 N–H and O–H groups in total. The first-order chi connectivity index (χ1) is 16.7. The molecule has 4 rings (SSSR count). The summed E-state index contributed by atoms with van der Waals surface area (Å²) >= 11 is 0. The van der Waals surface area contributed by atoms with Crippen LogP contribution in [0.1, 0.15) is 28.5 Å². The van der Waals surface area contributed by atoms with Gasteiger partial charge in [-0.15, -0.1) is 0 Å². The second-order valence-electron chi connectivity index (χ2n) is 8.29. The number of hydrogen-bond donors (Lipinski definition) is 1. The molecule has 9 nitrogen and oxygen atoms in total. The number of aromatic nitrogens is 1. The number of anilines is 1. The summed E-state index contributed by atoms with van der Waals surface area (Å²) in [5, 5.41) is 3.50. The van der Waals surface area contributed by atoms with Crippen LogP contribution in [0.15, 0.2) is 53.4 Å². The number of esters is 1. The van der Waals surface area contributed by atoms with Crippen molar-refractivity contribution in [3.8, 4) is 0 Å². The summed E-state index contributed by atoms with van der Waals surface area (Å²) in [4.78, 5) is 30.1. The number of para-hydroxylation sites is 1. The van der Waals surface area contributed by atoms with E-state index in [0.29, 0.717) is 43.2 Å². The molecule has 0 aliphatic carbocycles. The van der Waals surface area contributed by atoms with E-state index in [1.54, 1.807) is 6.92 Å². The van der Waals surface area contributed by atoms with Crippen LogP contribution in [0.2, 0.25) is 0 Å². The molecule has 1 aliphatic rings. The van der Waals surface area contributed by atoms with E-state index in [9.17, 15) is 18.0 Å². The third-order valence-electron chi connectivity index (χ3n) is 5.92. The molecular weight excluding hydrogens is 470 g/mol. The lowest BCUT2D eigenvalue weighted by Gasteiger charge is -2.26. The molecule has 0 spiro atoms. The smallest absolute Gasteiger partial charge is 0.341 e.